The summed E-state index contributed by atoms with van der Waals surface area (Å²) in [5.41, 5.74) is 0. The summed E-state index contributed by atoms with van der Waals surface area (Å²) in [7, 11) is 0. The second kappa shape index (κ2) is 4.10. The maximum atomic E-state index is 11.4. The van der Waals surface area contributed by atoms with Crippen LogP contribution in [0.25, 0.3) is 0 Å². The molecule has 12 heavy (non-hydrogen) atoms. The van der Waals surface area contributed by atoms with E-state index in [0.717, 1.165) is 12.2 Å². The van der Waals surface area contributed by atoms with E-state index < -0.39 is 0 Å². The summed E-state index contributed by atoms with van der Waals surface area (Å²) in [6.07, 6.45) is 2.93. The molecule has 1 heterocycles. The Morgan fingerprint density at radius 1 is 1.67 bits per heavy atom. The van der Waals surface area contributed by atoms with E-state index in [2.05, 4.69) is 0 Å². The van der Waals surface area contributed by atoms with Gasteiger partial charge in [-0.15, -0.1) is 0 Å². The van der Waals surface area contributed by atoms with Crippen molar-refractivity contribution in [2.45, 2.75) is 26.7 Å². The lowest BCUT2D eigenvalue weighted by molar-refractivity contribution is -0.122. The van der Waals surface area contributed by atoms with Crippen LogP contribution < -0.4 is 0 Å². The Bertz CT molecular complexity index is 236. The molecule has 0 radical (unpaired) electrons. The van der Waals surface area contributed by atoms with Crippen LogP contribution in [-0.2, 0) is 11.2 Å². The van der Waals surface area contributed by atoms with E-state index in [1.807, 2.05) is 19.9 Å². The summed E-state index contributed by atoms with van der Waals surface area (Å²) < 4.78 is 5.08. The smallest absolute Gasteiger partial charge is 0.143 e. The van der Waals surface area contributed by atoms with E-state index >= 15 is 0 Å². The zero-order valence-corrected chi connectivity index (χ0v) is 7.54. The molecule has 0 aliphatic rings. The van der Waals surface area contributed by atoms with Gasteiger partial charge >= 0.3 is 0 Å². The van der Waals surface area contributed by atoms with Gasteiger partial charge in [0.15, 0.2) is 0 Å². The fourth-order valence-electron chi connectivity index (χ4n) is 0.987. The molecule has 0 N–H and O–H groups in total. The van der Waals surface area contributed by atoms with Gasteiger partial charge in [-0.2, -0.15) is 0 Å². The molecule has 1 unspecified atom stereocenters. The lowest BCUT2D eigenvalue weighted by atomic mass is 10.0. The lowest BCUT2D eigenvalue weighted by Crippen LogP contribution is -2.12. The first-order chi connectivity index (χ1) is 5.74. The first-order valence-corrected chi connectivity index (χ1v) is 4.29. The molecule has 66 valence electrons. The quantitative estimate of drug-likeness (QED) is 0.687. The predicted molar refractivity (Wildman–Crippen MR) is 46.9 cm³/mol. The number of rotatable bonds is 4. The van der Waals surface area contributed by atoms with Gasteiger partial charge in [0.1, 0.15) is 11.5 Å². The van der Waals surface area contributed by atoms with Gasteiger partial charge < -0.3 is 4.42 Å². The highest BCUT2D eigenvalue weighted by Crippen LogP contribution is 2.08. The van der Waals surface area contributed by atoms with E-state index in [4.69, 9.17) is 4.42 Å². The second-order valence-corrected chi connectivity index (χ2v) is 3.03. The van der Waals surface area contributed by atoms with Crippen LogP contribution in [0.2, 0.25) is 0 Å². The Kier molecular flexibility index (Phi) is 3.09. The number of hydrogen-bond donors (Lipinski definition) is 0. The molecule has 2 nitrogen and oxygen atoms in total. The number of ketones is 1. The second-order valence-electron chi connectivity index (χ2n) is 3.03. The van der Waals surface area contributed by atoms with Crippen LogP contribution in [0.1, 0.15) is 26.0 Å². The molecular weight excluding hydrogens is 152 g/mol. The van der Waals surface area contributed by atoms with Crippen molar-refractivity contribution in [3.8, 4) is 0 Å². The lowest BCUT2D eigenvalue weighted by Gasteiger charge is -2.04. The van der Waals surface area contributed by atoms with Gasteiger partial charge in [0.05, 0.1) is 12.7 Å². The summed E-state index contributed by atoms with van der Waals surface area (Å²) in [4.78, 5) is 11.4. The molecule has 0 saturated carbocycles. The van der Waals surface area contributed by atoms with Gasteiger partial charge in [-0.1, -0.05) is 13.8 Å². The third-order valence-electron chi connectivity index (χ3n) is 2.09. The molecule has 0 fully saturated rings. The molecule has 0 spiro atoms. The number of carbonyl (C=O) groups is 1. The van der Waals surface area contributed by atoms with Crippen LogP contribution in [0.5, 0.6) is 0 Å². The number of Topliss-reactive ketones (excluding diaryl/α,β-unsaturated/α-hetero) is 1. The zero-order valence-electron chi connectivity index (χ0n) is 7.54. The van der Waals surface area contributed by atoms with Crippen LogP contribution >= 0.6 is 0 Å². The Balaban J connectivity index is 2.47. The third kappa shape index (κ3) is 2.22. The first kappa shape index (κ1) is 9.04. The molecule has 1 rings (SSSR count). The van der Waals surface area contributed by atoms with Crippen LogP contribution in [0.4, 0.5) is 0 Å². The van der Waals surface area contributed by atoms with Gasteiger partial charge in [-0.3, -0.25) is 4.79 Å². The van der Waals surface area contributed by atoms with Crippen molar-refractivity contribution >= 4 is 5.78 Å². The molecule has 0 amide bonds. The predicted octanol–water partition coefficient (Wildman–Crippen LogP) is 2.44. The highest BCUT2D eigenvalue weighted by atomic mass is 16.3. The number of hydrogen-bond acceptors (Lipinski definition) is 2. The monoisotopic (exact) mass is 166 g/mol. The van der Waals surface area contributed by atoms with E-state index in [-0.39, 0.29) is 11.7 Å². The first-order valence-electron chi connectivity index (χ1n) is 4.29. The molecule has 0 saturated heterocycles. The topological polar surface area (TPSA) is 30.2 Å². The average molecular weight is 166 g/mol. The standard InChI is InChI=1S/C10H14O2/c1-3-8(2)10(11)7-9-5-4-6-12-9/h4-6,8H,3,7H2,1-2H3. The summed E-state index contributed by atoms with van der Waals surface area (Å²) in [5, 5.41) is 0. The summed E-state index contributed by atoms with van der Waals surface area (Å²) in [6.45, 7) is 3.97. The van der Waals surface area contributed by atoms with Gasteiger partial charge in [0, 0.05) is 5.92 Å². The Morgan fingerprint density at radius 3 is 2.92 bits per heavy atom. The summed E-state index contributed by atoms with van der Waals surface area (Å²) >= 11 is 0. The van der Waals surface area contributed by atoms with Crippen LogP contribution in [0.3, 0.4) is 0 Å². The molecule has 1 aromatic rings. The van der Waals surface area contributed by atoms with Gasteiger partial charge in [-0.05, 0) is 18.6 Å². The van der Waals surface area contributed by atoms with E-state index in [1.165, 1.54) is 0 Å². The van der Waals surface area contributed by atoms with Crippen LogP contribution in [-0.4, -0.2) is 5.78 Å². The van der Waals surface area contributed by atoms with Crippen molar-refractivity contribution in [1.82, 2.24) is 0 Å². The highest BCUT2D eigenvalue weighted by molar-refractivity contribution is 5.82. The maximum absolute atomic E-state index is 11.4. The fraction of sp³-hybridized carbons (Fsp3) is 0.500. The minimum Gasteiger partial charge on any atom is -0.469 e. The van der Waals surface area contributed by atoms with Crippen LogP contribution in [0, 0.1) is 5.92 Å². The normalized spacial score (nSPS) is 12.8. The zero-order chi connectivity index (χ0) is 8.97. The van der Waals surface area contributed by atoms with Gasteiger partial charge in [0.25, 0.3) is 0 Å². The van der Waals surface area contributed by atoms with Crippen LogP contribution in [0.15, 0.2) is 22.8 Å². The van der Waals surface area contributed by atoms with E-state index in [0.29, 0.717) is 6.42 Å². The van der Waals surface area contributed by atoms with Crippen molar-refractivity contribution in [2.24, 2.45) is 5.92 Å². The number of furan rings is 1. The number of carbonyl (C=O) groups excluding carboxylic acids is 1. The molecule has 0 aliphatic carbocycles. The van der Waals surface area contributed by atoms with E-state index in [9.17, 15) is 4.79 Å². The SMILES string of the molecule is CCC(C)C(=O)Cc1ccco1. The average Bonchev–Trinajstić information content (AvgIpc) is 2.55. The highest BCUT2D eigenvalue weighted by Gasteiger charge is 2.12. The van der Waals surface area contributed by atoms with Crippen molar-refractivity contribution in [3.05, 3.63) is 24.2 Å². The van der Waals surface area contributed by atoms with Gasteiger partial charge in [-0.25, -0.2) is 0 Å². The Labute approximate surface area is 72.6 Å². The van der Waals surface area contributed by atoms with Crippen molar-refractivity contribution in [1.29, 1.82) is 0 Å². The van der Waals surface area contributed by atoms with E-state index in [1.54, 1.807) is 12.3 Å². The Hall–Kier alpha value is -1.05. The molecule has 0 aromatic carbocycles. The summed E-state index contributed by atoms with van der Waals surface area (Å²) in [6, 6.07) is 3.64. The maximum Gasteiger partial charge on any atom is 0.143 e. The molecular formula is C10H14O2. The Morgan fingerprint density at radius 2 is 2.42 bits per heavy atom. The molecule has 0 bridgehead atoms. The summed E-state index contributed by atoms with van der Waals surface area (Å²) in [5.74, 6) is 1.17. The van der Waals surface area contributed by atoms with Crippen molar-refractivity contribution in [3.63, 3.8) is 0 Å². The van der Waals surface area contributed by atoms with Crippen molar-refractivity contribution in [2.75, 3.05) is 0 Å². The third-order valence-corrected chi connectivity index (χ3v) is 2.09. The fourth-order valence-corrected chi connectivity index (χ4v) is 0.987. The van der Waals surface area contributed by atoms with Crippen molar-refractivity contribution < 1.29 is 9.21 Å². The molecule has 0 aliphatic heterocycles. The minimum absolute atomic E-state index is 0.148. The largest absolute Gasteiger partial charge is 0.469 e. The molecule has 1 atom stereocenters. The minimum atomic E-state index is 0.148. The molecule has 2 heteroatoms. The molecule has 1 aromatic heterocycles. The van der Waals surface area contributed by atoms with Gasteiger partial charge in [0.2, 0.25) is 0 Å².